The Kier molecular flexibility index (Phi) is 3.79. The fourth-order valence-electron chi connectivity index (χ4n) is 2.43. The number of carbonyl (C=O) groups is 1. The summed E-state index contributed by atoms with van der Waals surface area (Å²) in [7, 11) is 0. The third kappa shape index (κ3) is 2.86. The number of nitrogens with two attached hydrogens (primary N) is 1. The SMILES string of the molecule is CC(C)OC(=O)[C@H]1CC[NH2+][C@H]1c1ccccc1. The first-order chi connectivity index (χ1) is 8.18. The summed E-state index contributed by atoms with van der Waals surface area (Å²) in [4.78, 5) is 12.0. The fraction of sp³-hybridized carbons (Fsp3) is 0.500. The minimum atomic E-state index is -0.0531. The Labute approximate surface area is 102 Å². The van der Waals surface area contributed by atoms with Crippen molar-refractivity contribution >= 4 is 5.97 Å². The summed E-state index contributed by atoms with van der Waals surface area (Å²) in [6.07, 6.45) is 0.880. The minimum absolute atomic E-state index is 0.000185. The van der Waals surface area contributed by atoms with Crippen LogP contribution in [0.15, 0.2) is 30.3 Å². The Morgan fingerprint density at radius 1 is 1.35 bits per heavy atom. The van der Waals surface area contributed by atoms with Gasteiger partial charge >= 0.3 is 5.97 Å². The number of esters is 1. The van der Waals surface area contributed by atoms with Gasteiger partial charge in [-0.3, -0.25) is 4.79 Å². The normalized spacial score (nSPS) is 23.9. The molecule has 1 aliphatic heterocycles. The molecule has 1 aromatic carbocycles. The van der Waals surface area contributed by atoms with Crippen molar-refractivity contribution in [2.75, 3.05) is 6.54 Å². The van der Waals surface area contributed by atoms with Crippen LogP contribution in [0.2, 0.25) is 0 Å². The molecule has 0 bridgehead atoms. The average Bonchev–Trinajstić information content (AvgIpc) is 2.78. The highest BCUT2D eigenvalue weighted by molar-refractivity contribution is 5.73. The van der Waals surface area contributed by atoms with Crippen LogP contribution in [0, 0.1) is 5.92 Å². The predicted molar refractivity (Wildman–Crippen MR) is 65.3 cm³/mol. The van der Waals surface area contributed by atoms with Gasteiger partial charge in [0, 0.05) is 12.0 Å². The van der Waals surface area contributed by atoms with E-state index in [1.165, 1.54) is 5.56 Å². The monoisotopic (exact) mass is 234 g/mol. The molecule has 3 heteroatoms. The number of benzene rings is 1. The molecule has 0 aliphatic carbocycles. The van der Waals surface area contributed by atoms with Crippen LogP contribution in [0.1, 0.15) is 31.9 Å². The topological polar surface area (TPSA) is 42.9 Å². The van der Waals surface area contributed by atoms with Crippen LogP contribution in [0.5, 0.6) is 0 Å². The molecule has 1 fully saturated rings. The zero-order valence-electron chi connectivity index (χ0n) is 10.4. The molecule has 1 saturated heterocycles. The summed E-state index contributed by atoms with van der Waals surface area (Å²) < 4.78 is 5.33. The maximum atomic E-state index is 12.0. The van der Waals surface area contributed by atoms with Crippen LogP contribution in [0.4, 0.5) is 0 Å². The molecular formula is C14H20NO2+. The second-order valence-corrected chi connectivity index (χ2v) is 4.84. The highest BCUT2D eigenvalue weighted by atomic mass is 16.5. The van der Waals surface area contributed by atoms with E-state index < -0.39 is 0 Å². The number of ether oxygens (including phenoxy) is 1. The Balaban J connectivity index is 2.10. The van der Waals surface area contributed by atoms with Crippen LogP contribution in [0.3, 0.4) is 0 Å². The van der Waals surface area contributed by atoms with E-state index in [0.29, 0.717) is 0 Å². The molecule has 2 N–H and O–H groups in total. The molecule has 2 rings (SSSR count). The Morgan fingerprint density at radius 3 is 2.71 bits per heavy atom. The lowest BCUT2D eigenvalue weighted by atomic mass is 9.94. The third-order valence-corrected chi connectivity index (χ3v) is 3.17. The minimum Gasteiger partial charge on any atom is -0.463 e. The fourth-order valence-corrected chi connectivity index (χ4v) is 2.43. The van der Waals surface area contributed by atoms with Crippen LogP contribution < -0.4 is 5.32 Å². The maximum absolute atomic E-state index is 12.0. The van der Waals surface area contributed by atoms with Crippen molar-refractivity contribution in [2.24, 2.45) is 5.92 Å². The molecule has 0 radical (unpaired) electrons. The first kappa shape index (κ1) is 12.1. The Bertz CT molecular complexity index is 375. The molecular weight excluding hydrogens is 214 g/mol. The lowest BCUT2D eigenvalue weighted by Crippen LogP contribution is -2.82. The van der Waals surface area contributed by atoms with Crippen molar-refractivity contribution in [3.63, 3.8) is 0 Å². The standard InChI is InChI=1S/C14H19NO2/c1-10(2)17-14(16)12-8-9-15-13(12)11-6-4-3-5-7-11/h3-7,10,12-13,15H,8-9H2,1-2H3/p+1/t12-,13-/m0/s1. The third-order valence-electron chi connectivity index (χ3n) is 3.17. The molecule has 0 aromatic heterocycles. The van der Waals surface area contributed by atoms with E-state index in [4.69, 9.17) is 4.74 Å². The van der Waals surface area contributed by atoms with Crippen molar-refractivity contribution in [1.29, 1.82) is 0 Å². The summed E-state index contributed by atoms with van der Waals surface area (Å²) >= 11 is 0. The van der Waals surface area contributed by atoms with Gasteiger partial charge < -0.3 is 10.1 Å². The Hall–Kier alpha value is -1.35. The van der Waals surface area contributed by atoms with E-state index in [0.717, 1.165) is 13.0 Å². The van der Waals surface area contributed by atoms with E-state index in [-0.39, 0.29) is 24.0 Å². The van der Waals surface area contributed by atoms with Crippen molar-refractivity contribution in [2.45, 2.75) is 32.4 Å². The van der Waals surface area contributed by atoms with Crippen molar-refractivity contribution in [3.05, 3.63) is 35.9 Å². The van der Waals surface area contributed by atoms with E-state index in [1.807, 2.05) is 32.0 Å². The van der Waals surface area contributed by atoms with Gasteiger partial charge in [0.25, 0.3) is 0 Å². The van der Waals surface area contributed by atoms with Gasteiger partial charge in [-0.05, 0) is 13.8 Å². The van der Waals surface area contributed by atoms with E-state index in [9.17, 15) is 4.79 Å². The van der Waals surface area contributed by atoms with Crippen molar-refractivity contribution in [3.8, 4) is 0 Å². The summed E-state index contributed by atoms with van der Waals surface area (Å²) in [6, 6.07) is 10.4. The number of hydrogen-bond donors (Lipinski definition) is 1. The maximum Gasteiger partial charge on any atom is 0.315 e. The van der Waals surface area contributed by atoms with E-state index >= 15 is 0 Å². The van der Waals surface area contributed by atoms with Gasteiger partial charge in [0.05, 0.1) is 12.6 Å². The first-order valence-electron chi connectivity index (χ1n) is 6.27. The number of hydrogen-bond acceptors (Lipinski definition) is 2. The predicted octanol–water partition coefficient (Wildman–Crippen LogP) is 1.26. The molecule has 0 saturated carbocycles. The van der Waals surface area contributed by atoms with Gasteiger partial charge in [-0.25, -0.2) is 0 Å². The average molecular weight is 234 g/mol. The van der Waals surface area contributed by atoms with Crippen LogP contribution in [-0.2, 0) is 9.53 Å². The number of carbonyl (C=O) groups excluding carboxylic acids is 1. The molecule has 1 aromatic rings. The first-order valence-corrected chi connectivity index (χ1v) is 6.27. The number of quaternary nitrogens is 1. The van der Waals surface area contributed by atoms with E-state index in [2.05, 4.69) is 17.4 Å². The zero-order chi connectivity index (χ0) is 12.3. The van der Waals surface area contributed by atoms with Gasteiger partial charge in [-0.15, -0.1) is 0 Å². The molecule has 1 heterocycles. The van der Waals surface area contributed by atoms with Gasteiger partial charge in [0.2, 0.25) is 0 Å². The zero-order valence-corrected chi connectivity index (χ0v) is 10.4. The number of rotatable bonds is 3. The van der Waals surface area contributed by atoms with Crippen molar-refractivity contribution < 1.29 is 14.8 Å². The van der Waals surface area contributed by atoms with Crippen LogP contribution >= 0.6 is 0 Å². The summed E-state index contributed by atoms with van der Waals surface area (Å²) in [6.45, 7) is 4.79. The summed E-state index contributed by atoms with van der Waals surface area (Å²) in [5.74, 6) is -0.0533. The smallest absolute Gasteiger partial charge is 0.315 e. The van der Waals surface area contributed by atoms with Gasteiger partial charge in [-0.1, -0.05) is 30.3 Å². The second kappa shape index (κ2) is 5.32. The van der Waals surface area contributed by atoms with Crippen LogP contribution in [-0.4, -0.2) is 18.6 Å². The van der Waals surface area contributed by atoms with Gasteiger partial charge in [-0.2, -0.15) is 0 Å². The quantitative estimate of drug-likeness (QED) is 0.800. The van der Waals surface area contributed by atoms with Gasteiger partial charge in [0.15, 0.2) is 0 Å². The lowest BCUT2D eigenvalue weighted by molar-refractivity contribution is -0.678. The Morgan fingerprint density at radius 2 is 2.06 bits per heavy atom. The summed E-state index contributed by atoms with van der Waals surface area (Å²) in [5.41, 5.74) is 1.22. The van der Waals surface area contributed by atoms with Gasteiger partial charge in [0.1, 0.15) is 12.0 Å². The molecule has 17 heavy (non-hydrogen) atoms. The highest BCUT2D eigenvalue weighted by Gasteiger charge is 2.38. The molecule has 0 spiro atoms. The lowest BCUT2D eigenvalue weighted by Gasteiger charge is -2.17. The molecule has 1 aliphatic rings. The highest BCUT2D eigenvalue weighted by Crippen LogP contribution is 2.25. The molecule has 0 unspecified atom stereocenters. The summed E-state index contributed by atoms with van der Waals surface area (Å²) in [5, 5.41) is 2.24. The van der Waals surface area contributed by atoms with Crippen molar-refractivity contribution in [1.82, 2.24) is 0 Å². The van der Waals surface area contributed by atoms with E-state index in [1.54, 1.807) is 0 Å². The second-order valence-electron chi connectivity index (χ2n) is 4.84. The molecule has 2 atom stereocenters. The molecule has 0 amide bonds. The largest absolute Gasteiger partial charge is 0.463 e. The van der Waals surface area contributed by atoms with Crippen LogP contribution in [0.25, 0.3) is 0 Å². The molecule has 92 valence electrons. The molecule has 3 nitrogen and oxygen atoms in total.